The molecule has 0 radical (unpaired) electrons. The fraction of sp³-hybridized carbons (Fsp3) is 0.300. The van der Waals surface area contributed by atoms with Crippen LogP contribution in [0.1, 0.15) is 12.6 Å². The Morgan fingerprint density at radius 2 is 2.43 bits per heavy atom. The van der Waals surface area contributed by atoms with Crippen LogP contribution in [0, 0.1) is 24.2 Å². The van der Waals surface area contributed by atoms with Gasteiger partial charge in [-0.2, -0.15) is 5.26 Å². The molecule has 1 amide bonds. The number of nitrogens with one attached hydrogen (secondary N) is 1. The Labute approximate surface area is 82.6 Å². The number of hydrogen-bond donors (Lipinski definition) is 1. The van der Waals surface area contributed by atoms with Crippen molar-refractivity contribution in [1.29, 1.82) is 5.26 Å². The molecule has 0 spiro atoms. The molecule has 1 aromatic heterocycles. The van der Waals surface area contributed by atoms with Crippen molar-refractivity contribution >= 4 is 11.6 Å². The third-order valence-electron chi connectivity index (χ3n) is 1.85. The number of aryl methyl sites for hydroxylation is 1. The zero-order valence-electron chi connectivity index (χ0n) is 8.11. The summed E-state index contributed by atoms with van der Waals surface area (Å²) in [7, 11) is 0. The van der Waals surface area contributed by atoms with Crippen LogP contribution in [-0.4, -0.2) is 10.9 Å². The molecule has 0 bridgehead atoms. The van der Waals surface area contributed by atoms with Crippen molar-refractivity contribution in [2.45, 2.75) is 13.8 Å². The molecular weight excluding hydrogens is 178 g/mol. The number of hydrogen-bond acceptors (Lipinski definition) is 3. The van der Waals surface area contributed by atoms with E-state index in [4.69, 9.17) is 5.26 Å². The maximum atomic E-state index is 11.3. The average molecular weight is 189 g/mol. The topological polar surface area (TPSA) is 65.8 Å². The predicted molar refractivity (Wildman–Crippen MR) is 52.4 cm³/mol. The number of rotatable bonds is 2. The number of anilines is 1. The van der Waals surface area contributed by atoms with Crippen LogP contribution in [0.4, 0.5) is 5.69 Å². The van der Waals surface area contributed by atoms with Gasteiger partial charge in [-0.05, 0) is 26.0 Å². The summed E-state index contributed by atoms with van der Waals surface area (Å²) in [5.41, 5.74) is 1.39. The number of nitriles is 1. The third kappa shape index (κ3) is 2.30. The van der Waals surface area contributed by atoms with Gasteiger partial charge < -0.3 is 5.32 Å². The molecule has 1 atom stereocenters. The van der Waals surface area contributed by atoms with Crippen molar-refractivity contribution in [3.63, 3.8) is 0 Å². The molecule has 1 unspecified atom stereocenters. The van der Waals surface area contributed by atoms with E-state index in [9.17, 15) is 4.79 Å². The van der Waals surface area contributed by atoms with E-state index in [0.717, 1.165) is 5.69 Å². The highest BCUT2D eigenvalue weighted by Crippen LogP contribution is 2.11. The van der Waals surface area contributed by atoms with E-state index >= 15 is 0 Å². The summed E-state index contributed by atoms with van der Waals surface area (Å²) in [6, 6.07) is 5.36. The molecule has 0 aliphatic carbocycles. The molecule has 0 saturated heterocycles. The van der Waals surface area contributed by atoms with Gasteiger partial charge in [-0.15, -0.1) is 0 Å². The third-order valence-corrected chi connectivity index (χ3v) is 1.85. The van der Waals surface area contributed by atoms with Gasteiger partial charge >= 0.3 is 0 Å². The largest absolute Gasteiger partial charge is 0.323 e. The molecule has 1 N–H and O–H groups in total. The number of nitrogens with zero attached hydrogens (tertiary/aromatic N) is 2. The molecule has 1 heterocycles. The van der Waals surface area contributed by atoms with Crippen molar-refractivity contribution in [3.05, 3.63) is 24.0 Å². The minimum Gasteiger partial charge on any atom is -0.323 e. The van der Waals surface area contributed by atoms with Gasteiger partial charge in [-0.25, -0.2) is 0 Å². The van der Waals surface area contributed by atoms with E-state index in [0.29, 0.717) is 5.69 Å². The van der Waals surface area contributed by atoms with E-state index in [1.807, 2.05) is 6.07 Å². The standard InChI is InChI=1S/C10H11N3O/c1-7(6-11)10(14)13-9-4-3-5-12-8(9)2/h3-5,7H,1-2H3,(H,13,14). The second-order valence-electron chi connectivity index (χ2n) is 2.98. The molecule has 1 rings (SSSR count). The van der Waals surface area contributed by atoms with Crippen LogP contribution < -0.4 is 5.32 Å². The monoisotopic (exact) mass is 189 g/mol. The summed E-state index contributed by atoms with van der Waals surface area (Å²) in [6.07, 6.45) is 1.65. The molecule has 0 aliphatic heterocycles. The van der Waals surface area contributed by atoms with E-state index in [1.54, 1.807) is 32.2 Å². The summed E-state index contributed by atoms with van der Waals surface area (Å²) < 4.78 is 0. The molecule has 0 saturated carbocycles. The van der Waals surface area contributed by atoms with Crippen molar-refractivity contribution in [1.82, 2.24) is 4.98 Å². The molecule has 0 aliphatic rings. The zero-order valence-corrected chi connectivity index (χ0v) is 8.11. The highest BCUT2D eigenvalue weighted by atomic mass is 16.1. The Balaban J connectivity index is 2.76. The first-order chi connectivity index (χ1) is 6.65. The maximum Gasteiger partial charge on any atom is 0.241 e. The lowest BCUT2D eigenvalue weighted by Gasteiger charge is -2.07. The van der Waals surface area contributed by atoms with Gasteiger partial charge in [0, 0.05) is 6.20 Å². The van der Waals surface area contributed by atoms with Crippen molar-refractivity contribution in [2.24, 2.45) is 5.92 Å². The highest BCUT2D eigenvalue weighted by molar-refractivity contribution is 5.94. The van der Waals surface area contributed by atoms with Crippen LogP contribution in [0.25, 0.3) is 0 Å². The predicted octanol–water partition coefficient (Wildman–Crippen LogP) is 1.49. The fourth-order valence-electron chi connectivity index (χ4n) is 0.916. The number of carbonyl (C=O) groups is 1. The Morgan fingerprint density at radius 3 is 3.00 bits per heavy atom. The summed E-state index contributed by atoms with van der Waals surface area (Å²) in [6.45, 7) is 3.35. The van der Waals surface area contributed by atoms with Crippen molar-refractivity contribution in [3.8, 4) is 6.07 Å². The molecule has 4 heteroatoms. The Bertz CT molecular complexity index is 381. The minimum absolute atomic E-state index is 0.302. The van der Waals surface area contributed by atoms with Crippen molar-refractivity contribution in [2.75, 3.05) is 5.32 Å². The van der Waals surface area contributed by atoms with E-state index in [-0.39, 0.29) is 5.91 Å². The lowest BCUT2D eigenvalue weighted by molar-refractivity contribution is -0.117. The summed E-state index contributed by atoms with van der Waals surface area (Å²) in [4.78, 5) is 15.4. The molecule has 0 aromatic carbocycles. The van der Waals surface area contributed by atoms with E-state index in [2.05, 4.69) is 10.3 Å². The first-order valence-corrected chi connectivity index (χ1v) is 4.27. The second-order valence-corrected chi connectivity index (χ2v) is 2.98. The van der Waals surface area contributed by atoms with Gasteiger partial charge in [-0.3, -0.25) is 9.78 Å². The van der Waals surface area contributed by atoms with E-state index in [1.165, 1.54) is 0 Å². The maximum absolute atomic E-state index is 11.3. The molecular formula is C10H11N3O. The van der Waals surface area contributed by atoms with Gasteiger partial charge in [0.05, 0.1) is 17.5 Å². The van der Waals surface area contributed by atoms with Crippen LogP contribution in [0.15, 0.2) is 18.3 Å². The zero-order chi connectivity index (χ0) is 10.6. The number of carbonyl (C=O) groups excluding carboxylic acids is 1. The quantitative estimate of drug-likeness (QED) is 0.766. The molecule has 0 fully saturated rings. The van der Waals surface area contributed by atoms with Gasteiger partial charge in [-0.1, -0.05) is 0 Å². The number of aromatic nitrogens is 1. The normalized spacial score (nSPS) is 11.5. The van der Waals surface area contributed by atoms with Crippen LogP contribution in [-0.2, 0) is 4.79 Å². The second kappa shape index (κ2) is 4.38. The Morgan fingerprint density at radius 1 is 1.71 bits per heavy atom. The average Bonchev–Trinajstić information content (AvgIpc) is 2.20. The first kappa shape index (κ1) is 10.2. The molecule has 14 heavy (non-hydrogen) atoms. The van der Waals surface area contributed by atoms with Gasteiger partial charge in [0.25, 0.3) is 0 Å². The van der Waals surface area contributed by atoms with Crippen LogP contribution >= 0.6 is 0 Å². The summed E-state index contributed by atoms with van der Waals surface area (Å²) in [5, 5.41) is 11.2. The Hall–Kier alpha value is -1.89. The van der Waals surface area contributed by atoms with E-state index < -0.39 is 5.92 Å². The van der Waals surface area contributed by atoms with Gasteiger partial charge in [0.1, 0.15) is 5.92 Å². The number of amides is 1. The lowest BCUT2D eigenvalue weighted by atomic mass is 10.2. The number of pyridine rings is 1. The molecule has 72 valence electrons. The van der Waals surface area contributed by atoms with Crippen LogP contribution in [0.5, 0.6) is 0 Å². The highest BCUT2D eigenvalue weighted by Gasteiger charge is 2.12. The Kier molecular flexibility index (Phi) is 3.19. The summed E-state index contributed by atoms with van der Waals surface area (Å²) in [5.74, 6) is -0.946. The van der Waals surface area contributed by atoms with Crippen molar-refractivity contribution < 1.29 is 4.79 Å². The minimum atomic E-state index is -0.644. The summed E-state index contributed by atoms with van der Waals surface area (Å²) >= 11 is 0. The molecule has 1 aromatic rings. The molecule has 4 nitrogen and oxygen atoms in total. The first-order valence-electron chi connectivity index (χ1n) is 4.27. The SMILES string of the molecule is Cc1ncccc1NC(=O)C(C)C#N. The van der Waals surface area contributed by atoms with Gasteiger partial charge in [0.2, 0.25) is 5.91 Å². The smallest absolute Gasteiger partial charge is 0.241 e. The fourth-order valence-corrected chi connectivity index (χ4v) is 0.916. The van der Waals surface area contributed by atoms with Crippen LogP contribution in [0.3, 0.4) is 0 Å². The lowest BCUT2D eigenvalue weighted by Crippen LogP contribution is -2.19. The van der Waals surface area contributed by atoms with Crippen LogP contribution in [0.2, 0.25) is 0 Å². The van der Waals surface area contributed by atoms with Gasteiger partial charge in [0.15, 0.2) is 0 Å².